The summed E-state index contributed by atoms with van der Waals surface area (Å²) in [6, 6.07) is 74.0. The van der Waals surface area contributed by atoms with E-state index in [1.807, 2.05) is 54.6 Å². The first-order valence-electron chi connectivity index (χ1n) is 26.0. The highest BCUT2D eigenvalue weighted by Gasteiger charge is 2.35. The van der Waals surface area contributed by atoms with Gasteiger partial charge in [-0.2, -0.15) is 0 Å². The number of para-hydroxylation sites is 1. The lowest BCUT2D eigenvalue weighted by Crippen LogP contribution is -2.16. The third-order valence-electron chi connectivity index (χ3n) is 13.5. The second kappa shape index (κ2) is 17.9. The molecular formula is C66H54N2. The lowest BCUT2D eigenvalue weighted by atomic mass is 9.81. The highest BCUT2D eigenvalue weighted by molar-refractivity contribution is 6.02. The molecular weight excluding hydrogens is 821 g/mol. The van der Waals surface area contributed by atoms with Gasteiger partial charge in [-0.15, -0.1) is 0 Å². The van der Waals surface area contributed by atoms with Crippen LogP contribution >= 0.6 is 0 Å². The lowest BCUT2D eigenvalue weighted by molar-refractivity contribution is 0.660. The van der Waals surface area contributed by atoms with Gasteiger partial charge in [0.05, 0.1) is 18.2 Å². The summed E-state index contributed by atoms with van der Waals surface area (Å²) in [7, 11) is 0. The average Bonchev–Trinajstić information content (AvgIpc) is 3.66. The average molecular weight is 880 g/mol. The van der Waals surface area contributed by atoms with Crippen molar-refractivity contribution in [1.29, 1.82) is 0 Å². The van der Waals surface area contributed by atoms with Gasteiger partial charge in [0.25, 0.3) is 0 Å². The van der Waals surface area contributed by atoms with Crippen LogP contribution in [0.5, 0.6) is 0 Å². The van der Waals surface area contributed by atoms with Crippen molar-refractivity contribution < 1.29 is 6.85 Å². The predicted octanol–water partition coefficient (Wildman–Crippen LogP) is 18.7. The zero-order valence-corrected chi connectivity index (χ0v) is 38.8. The van der Waals surface area contributed by atoms with Crippen LogP contribution in [0.15, 0.2) is 249 Å². The van der Waals surface area contributed by atoms with Crippen molar-refractivity contribution in [3.05, 3.63) is 265 Å². The van der Waals surface area contributed by atoms with Crippen LogP contribution in [0.4, 0.5) is 34.1 Å². The molecule has 11 rings (SSSR count). The maximum absolute atomic E-state index is 9.83. The minimum Gasteiger partial charge on any atom is -0.310 e. The number of fused-ring (bicyclic) bond motifs is 3. The molecule has 2 nitrogen and oxygen atoms in total. The molecule has 0 bridgehead atoms. The summed E-state index contributed by atoms with van der Waals surface area (Å²) in [6.07, 6.45) is 0. The Kier molecular flexibility index (Phi) is 9.72. The molecule has 10 aromatic carbocycles. The van der Waals surface area contributed by atoms with Crippen LogP contribution in [-0.4, -0.2) is 0 Å². The molecule has 68 heavy (non-hydrogen) atoms. The molecule has 0 unspecified atom stereocenters. The van der Waals surface area contributed by atoms with Gasteiger partial charge in [0.1, 0.15) is 0 Å². The van der Waals surface area contributed by atoms with Gasteiger partial charge in [-0.05, 0) is 139 Å². The summed E-state index contributed by atoms with van der Waals surface area (Å²) in [5.74, 6) is 0.279. The zero-order valence-electron chi connectivity index (χ0n) is 43.8. The number of nitrogens with zero attached hydrogens (tertiary/aromatic N) is 2. The van der Waals surface area contributed by atoms with Crippen LogP contribution in [-0.2, 0) is 5.41 Å². The van der Waals surface area contributed by atoms with Gasteiger partial charge in [0.2, 0.25) is 0 Å². The lowest BCUT2D eigenvalue weighted by Gasteiger charge is -2.34. The first-order valence-corrected chi connectivity index (χ1v) is 23.5. The van der Waals surface area contributed by atoms with Crippen LogP contribution in [0, 0.1) is 0 Å². The number of hydrogen-bond donors (Lipinski definition) is 0. The summed E-state index contributed by atoms with van der Waals surface area (Å²) >= 11 is 0. The molecule has 2 heteroatoms. The van der Waals surface area contributed by atoms with Crippen molar-refractivity contribution >= 4 is 34.1 Å². The Morgan fingerprint density at radius 2 is 0.838 bits per heavy atom. The standard InChI is InChI=1S/C66H54N2/c1-46(2)47-35-38-56(39-36-47)68(58-32-20-28-52(42-58)49-23-11-6-12-24-49)64-45-54(53-37-40-60-59-33-17-18-34-61(59)66(3,4)62(60)43-53)44-63(65(64)50-25-13-7-14-26-50)67(55-29-15-8-16-30-55)57-31-19-27-51(41-57)48-21-9-5-10-22-48/h5-46H,1-4H3/i7D,13D,14D,25D,26D. The van der Waals surface area contributed by atoms with Crippen molar-refractivity contribution in [1.82, 2.24) is 0 Å². The normalized spacial score (nSPS) is 13.4. The van der Waals surface area contributed by atoms with Crippen molar-refractivity contribution in [3.63, 3.8) is 0 Å². The molecule has 0 N–H and O–H groups in total. The van der Waals surface area contributed by atoms with Gasteiger partial charge in [-0.1, -0.05) is 210 Å². The molecule has 0 heterocycles. The summed E-state index contributed by atoms with van der Waals surface area (Å²) in [6.45, 7) is 8.95. The first-order chi connectivity index (χ1) is 35.4. The molecule has 10 aromatic rings. The molecule has 0 aromatic heterocycles. The Hall–Kier alpha value is -8.20. The smallest absolute Gasteiger partial charge is 0.0629 e. The summed E-state index contributed by atoms with van der Waals surface area (Å²) in [5.41, 5.74) is 17.0. The Balaban J connectivity index is 1.30. The fourth-order valence-corrected chi connectivity index (χ4v) is 10.00. The Morgan fingerprint density at radius 1 is 0.368 bits per heavy atom. The topological polar surface area (TPSA) is 6.48 Å². The van der Waals surface area contributed by atoms with Crippen LogP contribution in [0.25, 0.3) is 55.6 Å². The van der Waals surface area contributed by atoms with Gasteiger partial charge < -0.3 is 9.80 Å². The van der Waals surface area contributed by atoms with Crippen molar-refractivity contribution in [3.8, 4) is 55.6 Å². The van der Waals surface area contributed by atoms with E-state index < -0.39 is 18.1 Å². The van der Waals surface area contributed by atoms with Gasteiger partial charge in [-0.25, -0.2) is 0 Å². The minimum atomic E-state index is -0.451. The molecule has 0 saturated carbocycles. The van der Waals surface area contributed by atoms with E-state index in [0.717, 1.165) is 56.1 Å². The number of anilines is 6. The molecule has 0 atom stereocenters. The van der Waals surface area contributed by atoms with E-state index in [1.165, 1.54) is 27.8 Å². The Labute approximate surface area is 409 Å². The molecule has 328 valence electrons. The number of benzene rings is 10. The second-order valence-electron chi connectivity index (χ2n) is 18.4. The fraction of sp³-hybridized carbons (Fsp3) is 0.0909. The summed E-state index contributed by atoms with van der Waals surface area (Å²) < 4.78 is 46.9. The van der Waals surface area contributed by atoms with E-state index in [4.69, 9.17) is 1.37 Å². The van der Waals surface area contributed by atoms with Crippen LogP contribution in [0.3, 0.4) is 0 Å². The van der Waals surface area contributed by atoms with Gasteiger partial charge in [0.15, 0.2) is 0 Å². The van der Waals surface area contributed by atoms with Crippen molar-refractivity contribution in [2.45, 2.75) is 39.0 Å². The molecule has 0 saturated heterocycles. The van der Waals surface area contributed by atoms with Gasteiger partial charge in [0, 0.05) is 33.7 Å². The van der Waals surface area contributed by atoms with E-state index in [0.29, 0.717) is 16.9 Å². The third-order valence-corrected chi connectivity index (χ3v) is 13.5. The quantitative estimate of drug-likeness (QED) is 0.128. The summed E-state index contributed by atoms with van der Waals surface area (Å²) in [5, 5.41) is 0. The molecule has 1 aliphatic carbocycles. The largest absolute Gasteiger partial charge is 0.310 e. The van der Waals surface area contributed by atoms with Crippen molar-refractivity contribution in [2.75, 3.05) is 9.80 Å². The molecule has 0 fully saturated rings. The van der Waals surface area contributed by atoms with E-state index >= 15 is 0 Å². The minimum absolute atomic E-state index is 0.0937. The monoisotopic (exact) mass is 879 g/mol. The molecule has 0 amide bonds. The first kappa shape index (κ1) is 37.0. The molecule has 0 aliphatic heterocycles. The van der Waals surface area contributed by atoms with Crippen LogP contribution in [0.2, 0.25) is 0 Å². The van der Waals surface area contributed by atoms with Crippen LogP contribution < -0.4 is 9.80 Å². The van der Waals surface area contributed by atoms with Gasteiger partial charge >= 0.3 is 0 Å². The third kappa shape index (κ3) is 7.88. The van der Waals surface area contributed by atoms with E-state index in [2.05, 4.69) is 201 Å². The maximum atomic E-state index is 9.83. The number of hydrogen-bond acceptors (Lipinski definition) is 2. The van der Waals surface area contributed by atoms with E-state index in [1.54, 1.807) is 0 Å². The summed E-state index contributed by atoms with van der Waals surface area (Å²) in [4.78, 5) is 4.39. The number of rotatable bonds is 11. The SMILES string of the molecule is [2H]c1c([2H])c([2H])c(-c2c(N(c3ccccc3)c3cccc(-c4ccccc4)c3)cc(-c3ccc4c(c3)C(C)(C)c3ccccc3-4)cc2N(c2ccc(C(C)C)cc2)c2cccc(-c3ccccc3)c2)c([2H])c1[2H]. The van der Waals surface area contributed by atoms with Crippen molar-refractivity contribution in [2.24, 2.45) is 0 Å². The van der Waals surface area contributed by atoms with Crippen LogP contribution in [0.1, 0.15) is 57.2 Å². The van der Waals surface area contributed by atoms with E-state index in [-0.39, 0.29) is 29.0 Å². The zero-order chi connectivity index (χ0) is 50.5. The van der Waals surface area contributed by atoms with Gasteiger partial charge in [-0.3, -0.25) is 0 Å². The highest BCUT2D eigenvalue weighted by Crippen LogP contribution is 2.54. The maximum Gasteiger partial charge on any atom is 0.0629 e. The Morgan fingerprint density at radius 3 is 1.41 bits per heavy atom. The second-order valence-corrected chi connectivity index (χ2v) is 18.4. The Bertz CT molecular complexity index is 3660. The highest BCUT2D eigenvalue weighted by atomic mass is 15.2. The molecule has 0 spiro atoms. The fourth-order valence-electron chi connectivity index (χ4n) is 10.00. The molecule has 0 radical (unpaired) electrons. The molecule has 1 aliphatic rings. The predicted molar refractivity (Wildman–Crippen MR) is 289 cm³/mol. The van der Waals surface area contributed by atoms with E-state index in [9.17, 15) is 5.48 Å².